The zero-order valence-corrected chi connectivity index (χ0v) is 28.2. The summed E-state index contributed by atoms with van der Waals surface area (Å²) in [6, 6.07) is 12.4. The van der Waals surface area contributed by atoms with Crippen LogP contribution in [0.5, 0.6) is 0 Å². The number of aliphatic hydroxyl groups excluding tert-OH is 2. The van der Waals surface area contributed by atoms with Gasteiger partial charge in [-0.05, 0) is 56.4 Å². The van der Waals surface area contributed by atoms with Gasteiger partial charge in [0.25, 0.3) is 0 Å². The van der Waals surface area contributed by atoms with Crippen molar-refractivity contribution in [1.29, 1.82) is 0 Å². The number of fused-ring (bicyclic) bond motifs is 2. The van der Waals surface area contributed by atoms with Gasteiger partial charge in [-0.1, -0.05) is 55.5 Å². The van der Waals surface area contributed by atoms with Crippen molar-refractivity contribution in [3.63, 3.8) is 0 Å². The van der Waals surface area contributed by atoms with Crippen molar-refractivity contribution >= 4 is 42.8 Å². The smallest absolute Gasteiger partial charge is 0.407 e. The van der Waals surface area contributed by atoms with Crippen molar-refractivity contribution in [2.24, 2.45) is 11.8 Å². The van der Waals surface area contributed by atoms with Crippen LogP contribution in [0.15, 0.2) is 53.4 Å². The largest absolute Gasteiger partial charge is 0.465 e. The van der Waals surface area contributed by atoms with Gasteiger partial charge in [-0.25, -0.2) is 18.2 Å². The molecule has 0 bridgehead atoms. The van der Waals surface area contributed by atoms with Crippen LogP contribution in [-0.2, 0) is 25.9 Å². The number of thiazole rings is 1. The quantitative estimate of drug-likeness (QED) is 0.209. The zero-order valence-electron chi connectivity index (χ0n) is 26.5. The van der Waals surface area contributed by atoms with E-state index in [0.29, 0.717) is 21.8 Å². The Bertz CT molecular complexity index is 1580. The molecule has 12 nitrogen and oxygen atoms in total. The van der Waals surface area contributed by atoms with Crippen molar-refractivity contribution in [2.75, 3.05) is 31.6 Å². The molecule has 14 heteroatoms. The number of hydrogen-bond acceptors (Lipinski definition) is 10. The van der Waals surface area contributed by atoms with E-state index in [1.807, 2.05) is 58.0 Å². The van der Waals surface area contributed by atoms with E-state index in [1.54, 1.807) is 12.1 Å². The van der Waals surface area contributed by atoms with Crippen LogP contribution in [0.25, 0.3) is 10.2 Å². The molecule has 0 spiro atoms. The summed E-state index contributed by atoms with van der Waals surface area (Å²) in [6.45, 7) is 7.79. The monoisotopic (exact) mass is 676 g/mol. The molecule has 2 saturated heterocycles. The van der Waals surface area contributed by atoms with Gasteiger partial charge in [0.1, 0.15) is 0 Å². The molecule has 0 aliphatic carbocycles. The average molecular weight is 677 g/mol. The fraction of sp³-hybridized carbons (Fsp3) is 0.562. The molecule has 46 heavy (non-hydrogen) atoms. The van der Waals surface area contributed by atoms with Gasteiger partial charge in [-0.15, -0.1) is 0 Å². The first-order chi connectivity index (χ1) is 21.8. The lowest BCUT2D eigenvalue weighted by Gasteiger charge is -2.45. The molecule has 0 radical (unpaired) electrons. The predicted molar refractivity (Wildman–Crippen MR) is 175 cm³/mol. The first-order valence-electron chi connectivity index (χ1n) is 15.7. The van der Waals surface area contributed by atoms with E-state index < -0.39 is 52.6 Å². The number of nitrogens with zero attached hydrogens (tertiary/aromatic N) is 3. The molecule has 2 fully saturated rings. The minimum atomic E-state index is -4.11. The average Bonchev–Trinajstić information content (AvgIpc) is 3.58. The molecular formula is C32H44N4O8S2. The molecule has 0 saturated carbocycles. The van der Waals surface area contributed by atoms with Gasteiger partial charge in [0.05, 0.1) is 52.5 Å². The lowest BCUT2D eigenvalue weighted by Crippen LogP contribution is -2.61. The molecule has 1 amide bonds. The van der Waals surface area contributed by atoms with E-state index >= 15 is 0 Å². The Balaban J connectivity index is 1.49. The number of carboxylic acid groups (broad SMARTS) is 1. The summed E-state index contributed by atoms with van der Waals surface area (Å²) in [5, 5.41) is 37.2. The fourth-order valence-electron chi connectivity index (χ4n) is 6.35. The Morgan fingerprint density at radius 2 is 1.85 bits per heavy atom. The molecular weight excluding hydrogens is 633 g/mol. The summed E-state index contributed by atoms with van der Waals surface area (Å²) in [4.78, 5) is 18.8. The molecule has 1 aromatic heterocycles. The number of ether oxygens (including phenoxy) is 2. The van der Waals surface area contributed by atoms with Crippen LogP contribution < -0.4 is 5.32 Å². The number of hydrogen-bond donors (Lipinski definition) is 4. The Kier molecular flexibility index (Phi) is 10.9. The maximum Gasteiger partial charge on any atom is 0.407 e. The second-order valence-electron chi connectivity index (χ2n) is 12.8. The molecule has 4 N–H and O–H groups in total. The summed E-state index contributed by atoms with van der Waals surface area (Å²) < 4.78 is 41.6. The van der Waals surface area contributed by atoms with Crippen molar-refractivity contribution in [1.82, 2.24) is 14.2 Å². The first-order valence-corrected chi connectivity index (χ1v) is 17.9. The number of anilines is 1. The van der Waals surface area contributed by atoms with E-state index in [2.05, 4.69) is 10.3 Å². The number of amides is 1. The third-order valence-corrected chi connectivity index (χ3v) is 11.1. The number of sulfonamides is 1. The van der Waals surface area contributed by atoms with Gasteiger partial charge < -0.3 is 30.1 Å². The first kappa shape index (κ1) is 34.5. The Hall–Kier alpha value is -2.85. The molecule has 5 rings (SSSR count). The highest BCUT2D eigenvalue weighted by atomic mass is 32.2. The van der Waals surface area contributed by atoms with Gasteiger partial charge in [0.15, 0.2) is 11.4 Å². The topological polar surface area (TPSA) is 162 Å². The molecule has 2 aromatic carbocycles. The number of aromatic nitrogens is 1. The number of benzene rings is 2. The third kappa shape index (κ3) is 7.64. The lowest BCUT2D eigenvalue weighted by molar-refractivity contribution is -0.175. The highest BCUT2D eigenvalue weighted by Gasteiger charge is 2.50. The minimum absolute atomic E-state index is 0.0186. The number of rotatable bonds is 13. The third-order valence-electron chi connectivity index (χ3n) is 8.37. The Morgan fingerprint density at radius 3 is 2.52 bits per heavy atom. The Morgan fingerprint density at radius 1 is 1.11 bits per heavy atom. The maximum absolute atomic E-state index is 14.2. The number of aliphatic hydroxyl groups is 2. The molecule has 2 aliphatic rings. The summed E-state index contributed by atoms with van der Waals surface area (Å²) in [7, 11) is -4.11. The summed E-state index contributed by atoms with van der Waals surface area (Å²) >= 11 is 1.36. The fourth-order valence-corrected chi connectivity index (χ4v) is 9.13. The number of nitrogens with one attached hydrogen (secondary N) is 1. The maximum atomic E-state index is 14.2. The van der Waals surface area contributed by atoms with Crippen LogP contribution in [0.1, 0.15) is 39.7 Å². The summed E-state index contributed by atoms with van der Waals surface area (Å²) in [5.74, 6) is -0.729. The zero-order chi connectivity index (χ0) is 33.2. The summed E-state index contributed by atoms with van der Waals surface area (Å²) in [5.41, 5.74) is 1.46. The highest BCUT2D eigenvalue weighted by Crippen LogP contribution is 2.36. The van der Waals surface area contributed by atoms with Gasteiger partial charge in [-0.3, -0.25) is 4.90 Å². The van der Waals surface area contributed by atoms with Gasteiger partial charge in [0, 0.05) is 25.2 Å². The van der Waals surface area contributed by atoms with Crippen LogP contribution >= 0.6 is 11.3 Å². The van der Waals surface area contributed by atoms with Gasteiger partial charge >= 0.3 is 6.09 Å². The predicted octanol–water partition coefficient (Wildman–Crippen LogP) is 3.84. The second kappa shape index (κ2) is 14.5. The second-order valence-corrected chi connectivity index (χ2v) is 15.7. The van der Waals surface area contributed by atoms with Crippen LogP contribution in [0.3, 0.4) is 0 Å². The minimum Gasteiger partial charge on any atom is -0.465 e. The molecule has 2 aliphatic heterocycles. The Labute approximate surface area is 274 Å². The van der Waals surface area contributed by atoms with Crippen molar-refractivity contribution in [2.45, 2.75) is 82.1 Å². The lowest BCUT2D eigenvalue weighted by atomic mass is 9.87. The molecule has 3 aromatic rings. The molecule has 6 atom stereocenters. The SMILES string of the molecule is CC(C)CN(C[C@@H](O)[C@H](Cc1ccccc1)N(C(=O)O)[C@H]1CCO[C@H]2OC[C@H](O)[C@@H]21)S(=O)(=O)c1ccc2nc(NC(C)C)sc2c1. The van der Waals surface area contributed by atoms with E-state index in [1.165, 1.54) is 26.6 Å². The number of carbonyl (C=O) groups is 1. The normalized spacial score (nSPS) is 23.2. The molecule has 252 valence electrons. The van der Waals surface area contributed by atoms with Crippen molar-refractivity contribution < 1.29 is 38.0 Å². The van der Waals surface area contributed by atoms with Gasteiger partial charge in [-0.2, -0.15) is 4.31 Å². The van der Waals surface area contributed by atoms with Gasteiger partial charge in [0.2, 0.25) is 10.0 Å². The van der Waals surface area contributed by atoms with E-state index in [-0.39, 0.29) is 49.6 Å². The van der Waals surface area contributed by atoms with Crippen LogP contribution in [0.2, 0.25) is 0 Å². The van der Waals surface area contributed by atoms with Crippen LogP contribution in [-0.4, -0.2) is 107 Å². The van der Waals surface area contributed by atoms with E-state index in [0.717, 1.165) is 5.56 Å². The van der Waals surface area contributed by atoms with Crippen LogP contribution in [0, 0.1) is 11.8 Å². The molecule has 0 unspecified atom stereocenters. The summed E-state index contributed by atoms with van der Waals surface area (Å²) in [6.07, 6.45) is -3.96. The molecule has 3 heterocycles. The van der Waals surface area contributed by atoms with E-state index in [4.69, 9.17) is 9.47 Å². The van der Waals surface area contributed by atoms with E-state index in [9.17, 15) is 28.5 Å². The highest BCUT2D eigenvalue weighted by molar-refractivity contribution is 7.89. The van der Waals surface area contributed by atoms with Crippen LogP contribution in [0.4, 0.5) is 9.93 Å². The standard InChI is InChI=1S/C32H44N4O8S2/c1-19(2)16-35(46(41,42)22-10-11-23-28(15-22)45-31(34-23)33-20(3)4)17-26(37)25(14-21-8-6-5-7-9-21)36(32(39)40)24-12-13-43-30-29(24)27(38)18-44-30/h5-11,15,19-20,24-27,29-30,37-38H,12-14,16-18H2,1-4H3,(H,33,34)(H,39,40)/t24-,25-,26+,27-,29-,30-/m0/s1. The van der Waals surface area contributed by atoms with Crippen molar-refractivity contribution in [3.05, 3.63) is 54.1 Å². The van der Waals surface area contributed by atoms with Crippen molar-refractivity contribution in [3.8, 4) is 0 Å².